The van der Waals surface area contributed by atoms with Crippen LogP contribution in [-0.4, -0.2) is 32.0 Å². The molecular formula is C19H19NO4. The zero-order chi connectivity index (χ0) is 17.3. The fourth-order valence-electron chi connectivity index (χ4n) is 3.04. The van der Waals surface area contributed by atoms with Crippen LogP contribution in [0.25, 0.3) is 0 Å². The van der Waals surface area contributed by atoms with Crippen LogP contribution in [0, 0.1) is 0 Å². The highest BCUT2D eigenvalue weighted by atomic mass is 16.5. The van der Waals surface area contributed by atoms with Crippen LogP contribution in [0.4, 0.5) is 5.69 Å². The number of nitrogens with zero attached hydrogens (tertiary/aromatic N) is 1. The zero-order valence-electron chi connectivity index (χ0n) is 13.9. The van der Waals surface area contributed by atoms with Gasteiger partial charge in [0, 0.05) is 23.6 Å². The number of hydrogen-bond donors (Lipinski definition) is 0. The number of methoxy groups -OCH3 is 2. The molecule has 1 aliphatic heterocycles. The molecule has 1 atom stereocenters. The lowest BCUT2D eigenvalue weighted by Gasteiger charge is -2.34. The number of ether oxygens (including phenoxy) is 2. The van der Waals surface area contributed by atoms with Crippen molar-refractivity contribution in [2.75, 3.05) is 19.1 Å². The quantitative estimate of drug-likeness (QED) is 0.868. The smallest absolute Gasteiger partial charge is 0.258 e. The first kappa shape index (κ1) is 16.1. The molecule has 0 fully saturated rings. The van der Waals surface area contributed by atoms with Crippen LogP contribution >= 0.6 is 0 Å². The molecule has 24 heavy (non-hydrogen) atoms. The van der Waals surface area contributed by atoms with E-state index in [1.807, 2.05) is 25.1 Å². The van der Waals surface area contributed by atoms with Crippen molar-refractivity contribution in [1.29, 1.82) is 0 Å². The van der Waals surface area contributed by atoms with Crippen molar-refractivity contribution in [3.63, 3.8) is 0 Å². The Bertz CT molecular complexity index is 800. The Morgan fingerprint density at radius 1 is 1.08 bits per heavy atom. The van der Waals surface area contributed by atoms with Crippen molar-refractivity contribution in [1.82, 2.24) is 0 Å². The van der Waals surface area contributed by atoms with Crippen molar-refractivity contribution in [3.05, 3.63) is 53.6 Å². The summed E-state index contributed by atoms with van der Waals surface area (Å²) in [6.45, 7) is 1.88. The van der Waals surface area contributed by atoms with Crippen molar-refractivity contribution in [3.8, 4) is 11.5 Å². The Balaban J connectivity index is 2.04. The number of anilines is 1. The van der Waals surface area contributed by atoms with E-state index in [9.17, 15) is 9.59 Å². The number of carbonyl (C=O) groups is 2. The number of Topliss-reactive ketones (excluding diaryl/α,β-unsaturated/α-hetero) is 1. The van der Waals surface area contributed by atoms with Gasteiger partial charge in [-0.15, -0.1) is 0 Å². The maximum absolute atomic E-state index is 13.1. The molecule has 5 nitrogen and oxygen atoms in total. The van der Waals surface area contributed by atoms with E-state index in [1.54, 1.807) is 36.3 Å². The first-order chi connectivity index (χ1) is 11.6. The van der Waals surface area contributed by atoms with Gasteiger partial charge in [0.2, 0.25) is 0 Å². The maximum atomic E-state index is 13.1. The van der Waals surface area contributed by atoms with E-state index >= 15 is 0 Å². The lowest BCUT2D eigenvalue weighted by molar-refractivity contribution is 0.0936. The van der Waals surface area contributed by atoms with Crippen molar-refractivity contribution < 1.29 is 19.1 Å². The number of ketones is 1. The van der Waals surface area contributed by atoms with Gasteiger partial charge in [-0.1, -0.05) is 12.1 Å². The first-order valence-corrected chi connectivity index (χ1v) is 7.74. The molecule has 5 heteroatoms. The van der Waals surface area contributed by atoms with Gasteiger partial charge in [0.1, 0.15) is 0 Å². The lowest BCUT2D eigenvalue weighted by Crippen LogP contribution is -2.43. The van der Waals surface area contributed by atoms with E-state index in [2.05, 4.69) is 0 Å². The fraction of sp³-hybridized carbons (Fsp3) is 0.263. The van der Waals surface area contributed by atoms with E-state index in [-0.39, 0.29) is 17.7 Å². The average molecular weight is 325 g/mol. The molecule has 2 aromatic carbocycles. The van der Waals surface area contributed by atoms with Crippen LogP contribution in [0.15, 0.2) is 42.5 Å². The molecule has 0 aliphatic carbocycles. The van der Waals surface area contributed by atoms with Crippen LogP contribution in [-0.2, 0) is 0 Å². The van der Waals surface area contributed by atoms with E-state index in [1.165, 1.54) is 7.11 Å². The molecule has 0 radical (unpaired) electrons. The standard InChI is InChI=1S/C19H19NO4/c1-12-10-16(21)14-6-4-5-7-15(14)20(12)19(22)13-8-9-17(23-2)18(11-13)24-3/h4-9,11-12H,10H2,1-3H3. The fourth-order valence-corrected chi connectivity index (χ4v) is 3.04. The molecule has 1 aliphatic rings. The third kappa shape index (κ3) is 2.62. The van der Waals surface area contributed by atoms with Crippen molar-refractivity contribution in [2.24, 2.45) is 0 Å². The molecule has 0 aromatic heterocycles. The highest BCUT2D eigenvalue weighted by Crippen LogP contribution is 2.33. The predicted octanol–water partition coefficient (Wildman–Crippen LogP) is 3.33. The molecule has 0 bridgehead atoms. The second-order valence-electron chi connectivity index (χ2n) is 5.74. The van der Waals surface area contributed by atoms with Gasteiger partial charge in [0.15, 0.2) is 17.3 Å². The number of para-hydroxylation sites is 1. The third-order valence-electron chi connectivity index (χ3n) is 4.23. The molecule has 124 valence electrons. The number of rotatable bonds is 3. The molecule has 3 rings (SSSR count). The van der Waals surface area contributed by atoms with Gasteiger partial charge in [0.05, 0.1) is 19.9 Å². The van der Waals surface area contributed by atoms with Gasteiger partial charge in [0.25, 0.3) is 5.91 Å². The molecule has 1 unspecified atom stereocenters. The molecule has 0 saturated carbocycles. The van der Waals surface area contributed by atoms with E-state index in [0.29, 0.717) is 34.7 Å². The van der Waals surface area contributed by atoms with Crippen LogP contribution in [0.1, 0.15) is 34.1 Å². The zero-order valence-corrected chi connectivity index (χ0v) is 13.9. The molecule has 1 heterocycles. The van der Waals surface area contributed by atoms with Crippen LogP contribution < -0.4 is 14.4 Å². The van der Waals surface area contributed by atoms with Gasteiger partial charge >= 0.3 is 0 Å². The average Bonchev–Trinajstić information content (AvgIpc) is 2.61. The molecular weight excluding hydrogens is 306 g/mol. The van der Waals surface area contributed by atoms with Gasteiger partial charge in [-0.05, 0) is 37.3 Å². The monoisotopic (exact) mass is 325 g/mol. The van der Waals surface area contributed by atoms with Gasteiger partial charge in [-0.2, -0.15) is 0 Å². The second kappa shape index (κ2) is 6.35. The number of amides is 1. The van der Waals surface area contributed by atoms with E-state index in [4.69, 9.17) is 9.47 Å². The Labute approximate surface area is 140 Å². The van der Waals surface area contributed by atoms with Crippen LogP contribution in [0.5, 0.6) is 11.5 Å². The summed E-state index contributed by atoms with van der Waals surface area (Å²) < 4.78 is 10.5. The number of fused-ring (bicyclic) bond motifs is 1. The van der Waals surface area contributed by atoms with E-state index in [0.717, 1.165) is 0 Å². The van der Waals surface area contributed by atoms with Gasteiger partial charge in [-0.3, -0.25) is 9.59 Å². The summed E-state index contributed by atoms with van der Waals surface area (Å²) in [6, 6.07) is 12.1. The Hall–Kier alpha value is -2.82. The summed E-state index contributed by atoms with van der Waals surface area (Å²) in [7, 11) is 3.08. The number of carbonyl (C=O) groups excluding carboxylic acids is 2. The summed E-state index contributed by atoms with van der Waals surface area (Å²) in [4.78, 5) is 27.0. The molecule has 0 saturated heterocycles. The topological polar surface area (TPSA) is 55.8 Å². The minimum atomic E-state index is -0.201. The highest BCUT2D eigenvalue weighted by Gasteiger charge is 2.33. The normalized spacial score (nSPS) is 16.5. The molecule has 0 spiro atoms. The second-order valence-corrected chi connectivity index (χ2v) is 5.74. The minimum Gasteiger partial charge on any atom is -0.493 e. The Morgan fingerprint density at radius 2 is 1.79 bits per heavy atom. The summed E-state index contributed by atoms with van der Waals surface area (Å²) in [5.74, 6) is 0.964. The lowest BCUT2D eigenvalue weighted by atomic mass is 9.94. The third-order valence-corrected chi connectivity index (χ3v) is 4.23. The van der Waals surface area contributed by atoms with Crippen molar-refractivity contribution in [2.45, 2.75) is 19.4 Å². The Morgan fingerprint density at radius 3 is 2.50 bits per heavy atom. The Kier molecular flexibility index (Phi) is 4.25. The molecule has 2 aromatic rings. The van der Waals surface area contributed by atoms with E-state index < -0.39 is 0 Å². The summed E-state index contributed by atoms with van der Waals surface area (Å²) in [5.41, 5.74) is 1.73. The highest BCUT2D eigenvalue weighted by molar-refractivity contribution is 6.14. The summed E-state index contributed by atoms with van der Waals surface area (Å²) in [6.07, 6.45) is 0.316. The molecule has 0 N–H and O–H groups in total. The van der Waals surface area contributed by atoms with Crippen molar-refractivity contribution >= 4 is 17.4 Å². The maximum Gasteiger partial charge on any atom is 0.258 e. The van der Waals surface area contributed by atoms with Gasteiger partial charge < -0.3 is 14.4 Å². The first-order valence-electron chi connectivity index (χ1n) is 7.74. The summed E-state index contributed by atoms with van der Waals surface area (Å²) >= 11 is 0. The largest absolute Gasteiger partial charge is 0.493 e. The summed E-state index contributed by atoms with van der Waals surface area (Å²) in [5, 5.41) is 0. The number of benzene rings is 2. The number of hydrogen-bond acceptors (Lipinski definition) is 4. The van der Waals surface area contributed by atoms with Gasteiger partial charge in [-0.25, -0.2) is 0 Å². The predicted molar refractivity (Wildman–Crippen MR) is 91.2 cm³/mol. The molecule has 1 amide bonds. The SMILES string of the molecule is COc1ccc(C(=O)N2c3ccccc3C(=O)CC2C)cc1OC. The van der Waals surface area contributed by atoms with Crippen LogP contribution in [0.3, 0.4) is 0 Å². The minimum absolute atomic E-state index is 0.0643. The van der Waals surface area contributed by atoms with Crippen LogP contribution in [0.2, 0.25) is 0 Å².